The fourth-order valence-corrected chi connectivity index (χ4v) is 2.29. The van der Waals surface area contributed by atoms with Crippen LogP contribution in [0.2, 0.25) is 0 Å². The highest BCUT2D eigenvalue weighted by Crippen LogP contribution is 2.21. The van der Waals surface area contributed by atoms with Gasteiger partial charge in [-0.3, -0.25) is 0 Å². The summed E-state index contributed by atoms with van der Waals surface area (Å²) in [6, 6.07) is 6.43. The lowest BCUT2D eigenvalue weighted by atomic mass is 10.1. The molecule has 0 N–H and O–H groups in total. The zero-order chi connectivity index (χ0) is 14.0. The number of aromatic nitrogens is 3. The van der Waals surface area contributed by atoms with Crippen LogP contribution in [0.1, 0.15) is 38.0 Å². The molecule has 2 aromatic rings. The fraction of sp³-hybridized carbons (Fsp3) is 0.429. The maximum Gasteiger partial charge on any atom is 0.148 e. The largest absolute Gasteiger partial charge is 0.308 e. The smallest absolute Gasteiger partial charge is 0.148 e. The molecule has 102 valence electrons. The molecule has 0 aliphatic carbocycles. The third-order valence-electron chi connectivity index (χ3n) is 2.86. The van der Waals surface area contributed by atoms with Gasteiger partial charge in [-0.05, 0) is 38.5 Å². The Morgan fingerprint density at radius 3 is 2.21 bits per heavy atom. The Morgan fingerprint density at radius 1 is 1.11 bits per heavy atom. The molecule has 1 aromatic heterocycles. The van der Waals surface area contributed by atoms with Gasteiger partial charge in [0.05, 0.1) is 5.88 Å². The molecule has 0 fully saturated rings. The molecule has 1 aromatic carbocycles. The van der Waals surface area contributed by atoms with Crippen LogP contribution in [0, 0.1) is 5.82 Å². The van der Waals surface area contributed by atoms with Gasteiger partial charge in [-0.2, -0.15) is 0 Å². The second-order valence-electron chi connectivity index (χ2n) is 5.48. The number of benzene rings is 1. The zero-order valence-electron chi connectivity index (χ0n) is 11.3. The molecule has 5 heteroatoms. The van der Waals surface area contributed by atoms with E-state index in [1.54, 1.807) is 12.1 Å². The minimum absolute atomic E-state index is 0.136. The zero-order valence-corrected chi connectivity index (χ0v) is 12.1. The van der Waals surface area contributed by atoms with Crippen LogP contribution in [0.5, 0.6) is 0 Å². The standard InChI is InChI=1S/C14H17ClFN3/c1-14(2,3)19-12(17-18-13(19)9-15)8-10-4-6-11(16)7-5-10/h4-7H,8-9H2,1-3H3. The van der Waals surface area contributed by atoms with Gasteiger partial charge in [0.25, 0.3) is 0 Å². The Bertz CT molecular complexity index is 555. The van der Waals surface area contributed by atoms with Crippen LogP contribution in [0.15, 0.2) is 24.3 Å². The molecule has 3 nitrogen and oxygen atoms in total. The molecule has 0 radical (unpaired) electrons. The van der Waals surface area contributed by atoms with Crippen LogP contribution in [0.25, 0.3) is 0 Å². The van der Waals surface area contributed by atoms with Crippen molar-refractivity contribution in [3.8, 4) is 0 Å². The molecule has 0 bridgehead atoms. The van der Waals surface area contributed by atoms with Crippen molar-refractivity contribution in [1.82, 2.24) is 14.8 Å². The SMILES string of the molecule is CC(C)(C)n1c(CCl)nnc1Cc1ccc(F)cc1. The molecule has 0 aliphatic heterocycles. The van der Waals surface area contributed by atoms with Crippen molar-refractivity contribution in [1.29, 1.82) is 0 Å². The summed E-state index contributed by atoms with van der Waals surface area (Å²) >= 11 is 5.90. The molecule has 0 aliphatic rings. The summed E-state index contributed by atoms with van der Waals surface area (Å²) < 4.78 is 14.9. The van der Waals surface area contributed by atoms with Gasteiger partial charge >= 0.3 is 0 Å². The lowest BCUT2D eigenvalue weighted by molar-refractivity contribution is 0.375. The van der Waals surface area contributed by atoms with Crippen LogP contribution >= 0.6 is 11.6 Å². The van der Waals surface area contributed by atoms with E-state index in [2.05, 4.69) is 31.0 Å². The molecule has 2 rings (SSSR count). The van der Waals surface area contributed by atoms with Crippen molar-refractivity contribution in [2.75, 3.05) is 0 Å². The number of hydrogen-bond donors (Lipinski definition) is 0. The molecule has 0 atom stereocenters. The molecule has 0 amide bonds. The highest BCUT2D eigenvalue weighted by molar-refractivity contribution is 6.16. The summed E-state index contributed by atoms with van der Waals surface area (Å²) in [7, 11) is 0. The van der Waals surface area contributed by atoms with Gasteiger partial charge in [-0.1, -0.05) is 12.1 Å². The van der Waals surface area contributed by atoms with Gasteiger partial charge in [-0.25, -0.2) is 4.39 Å². The maximum absolute atomic E-state index is 12.9. The van der Waals surface area contributed by atoms with E-state index in [0.717, 1.165) is 17.2 Å². The first kappa shape index (κ1) is 14.0. The minimum atomic E-state index is -0.234. The van der Waals surface area contributed by atoms with Crippen molar-refractivity contribution in [2.45, 2.75) is 38.6 Å². The van der Waals surface area contributed by atoms with Gasteiger partial charge in [0, 0.05) is 12.0 Å². The van der Waals surface area contributed by atoms with E-state index < -0.39 is 0 Å². The summed E-state index contributed by atoms with van der Waals surface area (Å²) in [5.41, 5.74) is 0.865. The average molecular weight is 282 g/mol. The first-order valence-electron chi connectivity index (χ1n) is 6.16. The van der Waals surface area contributed by atoms with E-state index in [1.807, 2.05) is 4.57 Å². The minimum Gasteiger partial charge on any atom is -0.308 e. The molecule has 19 heavy (non-hydrogen) atoms. The summed E-state index contributed by atoms with van der Waals surface area (Å²) in [6.45, 7) is 6.25. The monoisotopic (exact) mass is 281 g/mol. The van der Waals surface area contributed by atoms with Crippen molar-refractivity contribution < 1.29 is 4.39 Å². The normalized spacial score (nSPS) is 11.8. The van der Waals surface area contributed by atoms with E-state index in [9.17, 15) is 4.39 Å². The third kappa shape index (κ3) is 3.13. The van der Waals surface area contributed by atoms with Gasteiger partial charge in [0.1, 0.15) is 17.5 Å². The van der Waals surface area contributed by atoms with Crippen LogP contribution in [-0.2, 0) is 17.8 Å². The van der Waals surface area contributed by atoms with E-state index in [-0.39, 0.29) is 11.4 Å². The Labute approximate surface area is 117 Å². The van der Waals surface area contributed by atoms with Crippen LogP contribution in [-0.4, -0.2) is 14.8 Å². The Kier molecular flexibility index (Phi) is 3.90. The summed E-state index contributed by atoms with van der Waals surface area (Å²) in [6.07, 6.45) is 0.613. The number of rotatable bonds is 3. The second-order valence-corrected chi connectivity index (χ2v) is 5.74. The second kappa shape index (κ2) is 5.29. The maximum atomic E-state index is 12.9. The summed E-state index contributed by atoms with van der Waals surface area (Å²) in [5, 5.41) is 8.33. The lowest BCUT2D eigenvalue weighted by Gasteiger charge is -2.24. The van der Waals surface area contributed by atoms with Crippen molar-refractivity contribution in [3.63, 3.8) is 0 Å². The molecular formula is C14H17ClFN3. The average Bonchev–Trinajstić information content (AvgIpc) is 2.75. The van der Waals surface area contributed by atoms with Crippen molar-refractivity contribution in [3.05, 3.63) is 47.3 Å². The predicted molar refractivity (Wildman–Crippen MR) is 73.8 cm³/mol. The Morgan fingerprint density at radius 2 is 1.68 bits per heavy atom. The molecule has 1 heterocycles. The molecule has 0 saturated heterocycles. The lowest BCUT2D eigenvalue weighted by Crippen LogP contribution is -2.26. The number of alkyl halides is 1. The van der Waals surface area contributed by atoms with Gasteiger partial charge in [0.15, 0.2) is 0 Å². The summed E-state index contributed by atoms with van der Waals surface area (Å²) in [4.78, 5) is 0. The van der Waals surface area contributed by atoms with Crippen molar-refractivity contribution in [2.24, 2.45) is 0 Å². The first-order valence-corrected chi connectivity index (χ1v) is 6.69. The van der Waals surface area contributed by atoms with Gasteiger partial charge in [-0.15, -0.1) is 21.8 Å². The quantitative estimate of drug-likeness (QED) is 0.806. The Hall–Kier alpha value is -1.42. The van der Waals surface area contributed by atoms with E-state index in [0.29, 0.717) is 12.3 Å². The number of hydrogen-bond acceptors (Lipinski definition) is 2. The molecule has 0 unspecified atom stereocenters. The predicted octanol–water partition coefficient (Wildman–Crippen LogP) is 3.50. The number of nitrogens with zero attached hydrogens (tertiary/aromatic N) is 3. The topological polar surface area (TPSA) is 30.7 Å². The van der Waals surface area contributed by atoms with Crippen LogP contribution in [0.4, 0.5) is 4.39 Å². The third-order valence-corrected chi connectivity index (χ3v) is 3.10. The van der Waals surface area contributed by atoms with Crippen LogP contribution < -0.4 is 0 Å². The highest BCUT2D eigenvalue weighted by atomic mass is 35.5. The van der Waals surface area contributed by atoms with Crippen LogP contribution in [0.3, 0.4) is 0 Å². The van der Waals surface area contributed by atoms with E-state index in [1.165, 1.54) is 12.1 Å². The molecule has 0 saturated carbocycles. The fourth-order valence-electron chi connectivity index (χ4n) is 2.11. The first-order chi connectivity index (χ1) is 8.91. The van der Waals surface area contributed by atoms with Gasteiger partial charge < -0.3 is 4.57 Å². The van der Waals surface area contributed by atoms with Crippen molar-refractivity contribution >= 4 is 11.6 Å². The summed E-state index contributed by atoms with van der Waals surface area (Å²) in [5.74, 6) is 1.69. The Balaban J connectivity index is 2.35. The van der Waals surface area contributed by atoms with E-state index in [4.69, 9.17) is 11.6 Å². The van der Waals surface area contributed by atoms with Gasteiger partial charge in [0.2, 0.25) is 0 Å². The highest BCUT2D eigenvalue weighted by Gasteiger charge is 2.22. The molecule has 0 spiro atoms. The number of halogens is 2. The van der Waals surface area contributed by atoms with E-state index >= 15 is 0 Å². The molecular weight excluding hydrogens is 265 g/mol.